The Balaban J connectivity index is 1.73. The lowest BCUT2D eigenvalue weighted by Crippen LogP contribution is -2.73. The zero-order valence-corrected chi connectivity index (χ0v) is 11.0. The highest BCUT2D eigenvalue weighted by Gasteiger charge is 2.53. The van der Waals surface area contributed by atoms with Gasteiger partial charge in [0.1, 0.15) is 7.85 Å². The van der Waals surface area contributed by atoms with Crippen molar-refractivity contribution in [3.8, 4) is 0 Å². The normalized spacial score (nSPS) is 25.4. The van der Waals surface area contributed by atoms with E-state index in [4.69, 9.17) is 0 Å². The third-order valence-corrected chi connectivity index (χ3v) is 3.80. The highest BCUT2D eigenvalue weighted by atomic mass is 16.2. The van der Waals surface area contributed by atoms with Gasteiger partial charge in [-0.2, -0.15) is 0 Å². The smallest absolute Gasteiger partial charge is 0.222 e. The Morgan fingerprint density at radius 3 is 2.25 bits per heavy atom. The van der Waals surface area contributed by atoms with Crippen LogP contribution < -0.4 is 0 Å². The van der Waals surface area contributed by atoms with Crippen LogP contribution in [-0.2, 0) is 4.79 Å². The Labute approximate surface area is 99.6 Å². The van der Waals surface area contributed by atoms with Crippen molar-refractivity contribution in [2.24, 2.45) is 5.41 Å². The lowest BCUT2D eigenvalue weighted by atomic mass is 9.71. The first-order chi connectivity index (χ1) is 7.42. The van der Waals surface area contributed by atoms with E-state index in [0.29, 0.717) is 29.6 Å². The molecule has 0 N–H and O–H groups in total. The van der Waals surface area contributed by atoms with E-state index in [-0.39, 0.29) is 0 Å². The maximum absolute atomic E-state index is 11.8. The van der Waals surface area contributed by atoms with Gasteiger partial charge in [-0.15, -0.1) is 0 Å². The lowest BCUT2D eigenvalue weighted by molar-refractivity contribution is -0.161. The molecule has 2 aliphatic heterocycles. The molecule has 0 aliphatic carbocycles. The maximum atomic E-state index is 11.8. The largest absolute Gasteiger partial charge is 0.341 e. The average molecular weight is 222 g/mol. The van der Waals surface area contributed by atoms with Gasteiger partial charge in [-0.25, -0.2) is 0 Å². The molecule has 0 saturated carbocycles. The molecule has 2 rings (SSSR count). The molecule has 1 amide bonds. The minimum absolute atomic E-state index is 0.351. The molecular weight excluding hydrogens is 199 g/mol. The summed E-state index contributed by atoms with van der Waals surface area (Å²) < 4.78 is 0. The van der Waals surface area contributed by atoms with Crippen LogP contribution in [0.2, 0.25) is 5.82 Å². The Kier molecular flexibility index (Phi) is 3.04. The predicted molar refractivity (Wildman–Crippen MR) is 68.3 cm³/mol. The van der Waals surface area contributed by atoms with Gasteiger partial charge in [-0.1, -0.05) is 12.7 Å². The van der Waals surface area contributed by atoms with Gasteiger partial charge < -0.3 is 4.90 Å². The summed E-state index contributed by atoms with van der Waals surface area (Å²) in [5.74, 6) is 0.834. The fraction of sp³-hybridized carbons (Fsp3) is 0.917. The van der Waals surface area contributed by atoms with Gasteiger partial charge in [-0.3, -0.25) is 9.69 Å². The van der Waals surface area contributed by atoms with E-state index in [1.807, 2.05) is 4.90 Å². The molecule has 2 aliphatic rings. The highest BCUT2D eigenvalue weighted by Crippen LogP contribution is 2.40. The number of carbonyl (C=O) groups excluding carboxylic acids is 1. The summed E-state index contributed by atoms with van der Waals surface area (Å²) in [5.41, 5.74) is 0.469. The van der Waals surface area contributed by atoms with Crippen molar-refractivity contribution in [3.63, 3.8) is 0 Å². The van der Waals surface area contributed by atoms with Crippen molar-refractivity contribution in [3.05, 3.63) is 0 Å². The van der Waals surface area contributed by atoms with Gasteiger partial charge in [0.25, 0.3) is 0 Å². The third kappa shape index (κ3) is 2.12. The lowest BCUT2D eigenvalue weighted by Gasteiger charge is -2.61. The van der Waals surface area contributed by atoms with Gasteiger partial charge in [0.2, 0.25) is 5.91 Å². The van der Waals surface area contributed by atoms with Crippen LogP contribution in [0.5, 0.6) is 0 Å². The summed E-state index contributed by atoms with van der Waals surface area (Å²) in [4.78, 5) is 16.3. The minimum atomic E-state index is 0.351. The van der Waals surface area contributed by atoms with Crippen LogP contribution in [0, 0.1) is 5.41 Å². The van der Waals surface area contributed by atoms with Crippen molar-refractivity contribution in [2.45, 2.75) is 39.1 Å². The number of rotatable bonds is 3. The summed E-state index contributed by atoms with van der Waals surface area (Å²) in [6.45, 7) is 11.0. The van der Waals surface area contributed by atoms with E-state index >= 15 is 0 Å². The molecule has 1 atom stereocenters. The van der Waals surface area contributed by atoms with Crippen LogP contribution >= 0.6 is 0 Å². The van der Waals surface area contributed by atoms with Crippen LogP contribution in [0.4, 0.5) is 0 Å². The molecule has 16 heavy (non-hydrogen) atoms. The number of hydrogen-bond acceptors (Lipinski definition) is 2. The number of likely N-dealkylation sites (tertiary alicyclic amines) is 2. The second-order valence-electron chi connectivity index (χ2n) is 6.35. The predicted octanol–water partition coefficient (Wildman–Crippen LogP) is 0.371. The number of carbonyl (C=O) groups is 1. The van der Waals surface area contributed by atoms with E-state index in [1.165, 1.54) is 13.1 Å². The zero-order valence-electron chi connectivity index (χ0n) is 11.0. The highest BCUT2D eigenvalue weighted by molar-refractivity contribution is 6.12. The van der Waals surface area contributed by atoms with E-state index in [1.54, 1.807) is 0 Å². The van der Waals surface area contributed by atoms with Crippen LogP contribution in [0.1, 0.15) is 27.2 Å². The Hall–Kier alpha value is -0.505. The molecule has 2 heterocycles. The van der Waals surface area contributed by atoms with Crippen molar-refractivity contribution < 1.29 is 4.79 Å². The van der Waals surface area contributed by atoms with E-state index in [9.17, 15) is 4.79 Å². The summed E-state index contributed by atoms with van der Waals surface area (Å²) >= 11 is 0. The average Bonchev–Trinajstić information content (AvgIpc) is 1.95. The molecule has 0 aromatic rings. The fourth-order valence-electron chi connectivity index (χ4n) is 2.80. The van der Waals surface area contributed by atoms with Gasteiger partial charge in [0, 0.05) is 44.1 Å². The molecule has 90 valence electrons. The Bertz CT molecular complexity index is 277. The van der Waals surface area contributed by atoms with Gasteiger partial charge in [0.15, 0.2) is 0 Å². The molecule has 1 unspecified atom stereocenters. The van der Waals surface area contributed by atoms with E-state index in [0.717, 1.165) is 13.1 Å². The molecule has 0 aromatic carbocycles. The molecule has 2 saturated heterocycles. The first kappa shape index (κ1) is 12.0. The van der Waals surface area contributed by atoms with Gasteiger partial charge in [-0.05, 0) is 13.8 Å². The second kappa shape index (κ2) is 4.06. The monoisotopic (exact) mass is 222 g/mol. The molecule has 0 aromatic heterocycles. The summed E-state index contributed by atoms with van der Waals surface area (Å²) in [5, 5.41) is 0. The van der Waals surface area contributed by atoms with E-state index < -0.39 is 0 Å². The van der Waals surface area contributed by atoms with Crippen molar-refractivity contribution >= 4 is 13.8 Å². The molecule has 1 spiro atoms. The van der Waals surface area contributed by atoms with Gasteiger partial charge >= 0.3 is 0 Å². The third-order valence-electron chi connectivity index (χ3n) is 3.80. The molecule has 2 fully saturated rings. The van der Waals surface area contributed by atoms with Crippen LogP contribution in [-0.4, -0.2) is 55.8 Å². The van der Waals surface area contributed by atoms with Gasteiger partial charge in [0.05, 0.1) is 0 Å². The fourth-order valence-corrected chi connectivity index (χ4v) is 2.80. The molecule has 0 radical (unpaired) electrons. The van der Waals surface area contributed by atoms with Crippen LogP contribution in [0.15, 0.2) is 0 Å². The van der Waals surface area contributed by atoms with Crippen molar-refractivity contribution in [1.29, 1.82) is 0 Å². The molecule has 3 nitrogen and oxygen atoms in total. The SMILES string of the molecule is BC(C)CC(=O)N1CC2(C1)CN(C(C)C)C2. The minimum Gasteiger partial charge on any atom is -0.341 e. The summed E-state index contributed by atoms with van der Waals surface area (Å²) in [7, 11) is 2.11. The number of nitrogens with zero attached hydrogens (tertiary/aromatic N) is 2. The Morgan fingerprint density at radius 1 is 1.25 bits per heavy atom. The second-order valence-corrected chi connectivity index (χ2v) is 6.35. The maximum Gasteiger partial charge on any atom is 0.222 e. The molecule has 0 bridgehead atoms. The topological polar surface area (TPSA) is 23.6 Å². The van der Waals surface area contributed by atoms with Crippen LogP contribution in [0.3, 0.4) is 0 Å². The quantitative estimate of drug-likeness (QED) is 0.644. The first-order valence-electron chi connectivity index (χ1n) is 6.44. The summed E-state index contributed by atoms with van der Waals surface area (Å²) in [6.07, 6.45) is 0.712. The first-order valence-corrected chi connectivity index (χ1v) is 6.44. The zero-order chi connectivity index (χ0) is 11.9. The molecule has 4 heteroatoms. The standard InChI is InChI=1S/C12H23BN2O/c1-9(2)14-5-12(6-14)7-15(8-12)11(16)4-10(3)13/h9-10H,4-8,13H2,1-3H3. The number of amides is 1. The van der Waals surface area contributed by atoms with Crippen LogP contribution in [0.25, 0.3) is 0 Å². The van der Waals surface area contributed by atoms with Crippen molar-refractivity contribution in [1.82, 2.24) is 9.80 Å². The number of hydrogen-bond donors (Lipinski definition) is 0. The van der Waals surface area contributed by atoms with E-state index in [2.05, 4.69) is 33.5 Å². The van der Waals surface area contributed by atoms with Crippen molar-refractivity contribution in [2.75, 3.05) is 26.2 Å². The summed E-state index contributed by atoms with van der Waals surface area (Å²) in [6, 6.07) is 0.658. The molecular formula is C12H23BN2O. The Morgan fingerprint density at radius 2 is 1.81 bits per heavy atom.